The third kappa shape index (κ3) is 3.01. The Balaban J connectivity index is 2.28. The lowest BCUT2D eigenvalue weighted by Crippen LogP contribution is -1.91. The molecule has 2 aromatic rings. The summed E-state index contributed by atoms with van der Waals surface area (Å²) in [7, 11) is 0. The number of hydrogen-bond donors (Lipinski definition) is 1. The van der Waals surface area contributed by atoms with Gasteiger partial charge >= 0.3 is 0 Å². The molecule has 0 aromatic heterocycles. The molecular formula is C14H13F2NS. The van der Waals surface area contributed by atoms with Crippen LogP contribution in [0.3, 0.4) is 0 Å². The normalized spacial score (nSPS) is 10.9. The number of benzene rings is 2. The highest BCUT2D eigenvalue weighted by Crippen LogP contribution is 2.30. The van der Waals surface area contributed by atoms with Gasteiger partial charge in [0, 0.05) is 16.1 Å². The van der Waals surface area contributed by atoms with Crippen LogP contribution in [-0.2, 0) is 0 Å². The molecule has 0 unspecified atom stereocenters. The van der Waals surface area contributed by atoms with E-state index in [1.165, 1.54) is 0 Å². The first-order valence-electron chi connectivity index (χ1n) is 5.47. The number of aryl methyl sites for hydroxylation is 1. The Morgan fingerprint density at radius 2 is 1.72 bits per heavy atom. The summed E-state index contributed by atoms with van der Waals surface area (Å²) in [6.07, 6.45) is 0. The number of anilines is 1. The van der Waals surface area contributed by atoms with E-state index < -0.39 is 5.76 Å². The number of rotatable bonds is 3. The van der Waals surface area contributed by atoms with Gasteiger partial charge in [-0.05, 0) is 36.2 Å². The van der Waals surface area contributed by atoms with Crippen molar-refractivity contribution in [3.63, 3.8) is 0 Å². The maximum absolute atomic E-state index is 12.2. The smallest absolute Gasteiger partial charge is 0.288 e. The Labute approximate surface area is 109 Å². The van der Waals surface area contributed by atoms with Gasteiger partial charge in [-0.3, -0.25) is 0 Å². The van der Waals surface area contributed by atoms with Gasteiger partial charge in [-0.1, -0.05) is 36.0 Å². The Kier molecular flexibility index (Phi) is 3.87. The summed E-state index contributed by atoms with van der Waals surface area (Å²) in [5.41, 5.74) is 9.61. The van der Waals surface area contributed by atoms with Crippen LogP contribution < -0.4 is 5.73 Å². The molecule has 2 rings (SSSR count). The molecule has 0 saturated heterocycles. The zero-order valence-corrected chi connectivity index (χ0v) is 10.7. The van der Waals surface area contributed by atoms with Crippen molar-refractivity contribution in [3.05, 3.63) is 48.0 Å². The van der Waals surface area contributed by atoms with E-state index in [0.29, 0.717) is 22.3 Å². The Bertz CT molecular complexity index is 538. The largest absolute Gasteiger partial charge is 0.398 e. The fourth-order valence-electron chi connectivity index (χ4n) is 1.76. The van der Waals surface area contributed by atoms with Gasteiger partial charge in [0.15, 0.2) is 0 Å². The predicted octanol–water partition coefficient (Wildman–Crippen LogP) is 4.56. The van der Waals surface area contributed by atoms with E-state index in [1.807, 2.05) is 37.3 Å². The van der Waals surface area contributed by atoms with Crippen LogP contribution in [0.5, 0.6) is 0 Å². The Morgan fingerprint density at radius 3 is 2.28 bits per heavy atom. The minimum Gasteiger partial charge on any atom is -0.398 e. The first-order valence-corrected chi connectivity index (χ1v) is 6.35. The van der Waals surface area contributed by atoms with Crippen molar-refractivity contribution in [2.75, 3.05) is 5.73 Å². The van der Waals surface area contributed by atoms with Crippen LogP contribution in [0.15, 0.2) is 47.4 Å². The monoisotopic (exact) mass is 265 g/mol. The van der Waals surface area contributed by atoms with Gasteiger partial charge in [-0.2, -0.15) is 8.78 Å². The molecule has 94 valence electrons. The van der Waals surface area contributed by atoms with Gasteiger partial charge in [0.1, 0.15) is 0 Å². The number of nitrogens with two attached hydrogens (primary N) is 1. The van der Waals surface area contributed by atoms with Crippen LogP contribution in [0.25, 0.3) is 11.1 Å². The summed E-state index contributed by atoms with van der Waals surface area (Å²) in [5, 5.41) is 0. The van der Waals surface area contributed by atoms with Crippen LogP contribution in [0, 0.1) is 6.92 Å². The number of thioether (sulfide) groups is 1. The summed E-state index contributed by atoms with van der Waals surface area (Å²) in [5.74, 6) is -2.39. The predicted molar refractivity (Wildman–Crippen MR) is 72.9 cm³/mol. The summed E-state index contributed by atoms with van der Waals surface area (Å²) >= 11 is 0.544. The molecule has 0 saturated carbocycles. The third-order valence-corrected chi connectivity index (χ3v) is 3.32. The number of alkyl halides is 2. The van der Waals surface area contributed by atoms with Crippen LogP contribution >= 0.6 is 11.8 Å². The quantitative estimate of drug-likeness (QED) is 0.650. The molecule has 0 amide bonds. The van der Waals surface area contributed by atoms with Gasteiger partial charge in [0.2, 0.25) is 0 Å². The van der Waals surface area contributed by atoms with Crippen molar-refractivity contribution in [2.24, 2.45) is 0 Å². The fourth-order valence-corrected chi connectivity index (χ4v) is 2.26. The molecule has 4 heteroatoms. The zero-order valence-electron chi connectivity index (χ0n) is 9.86. The van der Waals surface area contributed by atoms with Gasteiger partial charge in [-0.25, -0.2) is 0 Å². The molecule has 18 heavy (non-hydrogen) atoms. The van der Waals surface area contributed by atoms with E-state index in [2.05, 4.69) is 0 Å². The number of hydrogen-bond acceptors (Lipinski definition) is 2. The lowest BCUT2D eigenvalue weighted by Gasteiger charge is -2.08. The molecule has 0 fully saturated rings. The zero-order chi connectivity index (χ0) is 13.1. The summed E-state index contributed by atoms with van der Waals surface area (Å²) in [6, 6.07) is 12.8. The average molecular weight is 265 g/mol. The van der Waals surface area contributed by atoms with E-state index in [9.17, 15) is 8.78 Å². The van der Waals surface area contributed by atoms with Crippen LogP contribution in [0.1, 0.15) is 5.56 Å². The lowest BCUT2D eigenvalue weighted by molar-refractivity contribution is 0.252. The van der Waals surface area contributed by atoms with Gasteiger partial charge in [0.05, 0.1) is 0 Å². The highest BCUT2D eigenvalue weighted by atomic mass is 32.2. The SMILES string of the molecule is Cc1ccc(-c2ccc(SC(F)F)cc2)c(N)c1. The molecule has 0 aliphatic heterocycles. The molecule has 0 spiro atoms. The molecular weight excluding hydrogens is 252 g/mol. The lowest BCUT2D eigenvalue weighted by atomic mass is 10.0. The maximum Gasteiger partial charge on any atom is 0.288 e. The third-order valence-electron chi connectivity index (χ3n) is 2.60. The second-order valence-corrected chi connectivity index (χ2v) is 5.06. The van der Waals surface area contributed by atoms with Crippen molar-refractivity contribution in [2.45, 2.75) is 17.6 Å². The molecule has 2 N–H and O–H groups in total. The summed E-state index contributed by atoms with van der Waals surface area (Å²) < 4.78 is 24.4. The molecule has 0 bridgehead atoms. The van der Waals surface area contributed by atoms with Gasteiger partial charge in [-0.15, -0.1) is 0 Å². The molecule has 2 aromatic carbocycles. The van der Waals surface area contributed by atoms with E-state index in [4.69, 9.17) is 5.73 Å². The number of halogens is 2. The summed E-state index contributed by atoms with van der Waals surface area (Å²) in [4.78, 5) is 0.555. The number of nitrogen functional groups attached to an aromatic ring is 1. The van der Waals surface area contributed by atoms with Crippen molar-refractivity contribution < 1.29 is 8.78 Å². The van der Waals surface area contributed by atoms with Crippen molar-refractivity contribution in [1.29, 1.82) is 0 Å². The van der Waals surface area contributed by atoms with Crippen molar-refractivity contribution >= 4 is 17.4 Å². The van der Waals surface area contributed by atoms with E-state index in [-0.39, 0.29) is 0 Å². The maximum atomic E-state index is 12.2. The second kappa shape index (κ2) is 5.40. The molecule has 0 aliphatic carbocycles. The molecule has 0 aliphatic rings. The molecule has 0 radical (unpaired) electrons. The minimum absolute atomic E-state index is 0.544. The minimum atomic E-state index is -2.39. The van der Waals surface area contributed by atoms with Crippen LogP contribution in [-0.4, -0.2) is 5.76 Å². The second-order valence-electron chi connectivity index (χ2n) is 3.99. The van der Waals surface area contributed by atoms with Gasteiger partial charge in [0.25, 0.3) is 5.76 Å². The highest BCUT2D eigenvalue weighted by molar-refractivity contribution is 7.99. The van der Waals surface area contributed by atoms with Crippen molar-refractivity contribution in [1.82, 2.24) is 0 Å². The van der Waals surface area contributed by atoms with Gasteiger partial charge < -0.3 is 5.73 Å². The molecule has 0 atom stereocenters. The van der Waals surface area contributed by atoms with Crippen molar-refractivity contribution in [3.8, 4) is 11.1 Å². The Hall–Kier alpha value is -1.55. The first-order chi connectivity index (χ1) is 8.56. The van der Waals surface area contributed by atoms with E-state index >= 15 is 0 Å². The Morgan fingerprint density at radius 1 is 1.06 bits per heavy atom. The standard InChI is InChI=1S/C14H13F2NS/c1-9-2-7-12(13(17)8-9)10-3-5-11(6-4-10)18-14(15)16/h2-8,14H,17H2,1H3. The average Bonchev–Trinajstić information content (AvgIpc) is 2.30. The van der Waals surface area contributed by atoms with E-state index in [1.54, 1.807) is 12.1 Å². The highest BCUT2D eigenvalue weighted by Gasteiger charge is 2.06. The molecule has 1 nitrogen and oxygen atoms in total. The molecule has 0 heterocycles. The van der Waals surface area contributed by atoms with E-state index in [0.717, 1.165) is 16.7 Å². The summed E-state index contributed by atoms with van der Waals surface area (Å²) in [6.45, 7) is 1.97. The fraction of sp³-hybridized carbons (Fsp3) is 0.143. The first kappa shape index (κ1) is 12.9. The van der Waals surface area contributed by atoms with Crippen LogP contribution in [0.2, 0.25) is 0 Å². The topological polar surface area (TPSA) is 26.0 Å². The van der Waals surface area contributed by atoms with Crippen LogP contribution in [0.4, 0.5) is 14.5 Å².